The Labute approximate surface area is 187 Å². The Hall–Kier alpha value is -2.06. The van der Waals surface area contributed by atoms with Crippen LogP contribution in [0, 0.1) is 6.07 Å². The molecule has 160 valence electrons. The van der Waals surface area contributed by atoms with Crippen LogP contribution in [0.1, 0.15) is 23.2 Å². The number of benzene rings is 3. The number of nitrogens with two attached hydrogens (primary N) is 1. The van der Waals surface area contributed by atoms with Crippen LogP contribution in [0.4, 0.5) is 13.2 Å². The number of halogens is 3. The molecule has 9 heteroatoms. The van der Waals surface area contributed by atoms with Gasteiger partial charge in [0.2, 0.25) is 0 Å². The number of hydrogen-bond acceptors (Lipinski definition) is 3. The van der Waals surface area contributed by atoms with E-state index in [9.17, 15) is 21.6 Å². The van der Waals surface area contributed by atoms with E-state index >= 15 is 0 Å². The molecule has 0 saturated carbocycles. The molecule has 3 aromatic carbocycles. The zero-order valence-electron chi connectivity index (χ0n) is 15.6. The summed E-state index contributed by atoms with van der Waals surface area (Å²) in [4.78, 5) is 0. The molecule has 0 aromatic heterocycles. The maximum absolute atomic E-state index is 12.7. The fourth-order valence-corrected chi connectivity index (χ4v) is 3.06. The quantitative estimate of drug-likeness (QED) is 0.374. The smallest absolute Gasteiger partial charge is 0.533 e. The van der Waals surface area contributed by atoms with E-state index in [1.54, 1.807) is 48.5 Å². The third kappa shape index (κ3) is 7.65. The van der Waals surface area contributed by atoms with E-state index in [1.807, 2.05) is 30.3 Å². The van der Waals surface area contributed by atoms with Crippen LogP contribution in [0.25, 0.3) is 4.72 Å². The van der Waals surface area contributed by atoms with Gasteiger partial charge in [0.1, 0.15) is 0 Å². The van der Waals surface area contributed by atoms with Gasteiger partial charge in [-0.15, -0.1) is 0 Å². The summed E-state index contributed by atoms with van der Waals surface area (Å²) in [6.07, 6.45) is 0. The molecule has 0 amide bonds. The van der Waals surface area contributed by atoms with E-state index in [2.05, 4.69) is 10.8 Å². The molecular weight excluding hydrogens is 502 g/mol. The molecule has 2 atom stereocenters. The largest absolute Gasteiger partial charge is 2.00 e. The van der Waals surface area contributed by atoms with Crippen molar-refractivity contribution < 1.29 is 41.1 Å². The van der Waals surface area contributed by atoms with Crippen LogP contribution >= 0.6 is 0 Å². The van der Waals surface area contributed by atoms with Gasteiger partial charge in [-0.3, -0.25) is 0 Å². The molecule has 3 rings (SSSR count). The second-order valence-corrected chi connectivity index (χ2v) is 7.52. The Bertz CT molecular complexity index is 931. The van der Waals surface area contributed by atoms with Gasteiger partial charge in [-0.2, -0.15) is 49.6 Å². The van der Waals surface area contributed by atoms with Gasteiger partial charge in [-0.25, -0.2) is 8.42 Å². The Balaban J connectivity index is 0.000000552. The second-order valence-electron chi connectivity index (χ2n) is 5.90. The summed E-state index contributed by atoms with van der Waals surface area (Å²) in [6, 6.07) is 26.2. The fourth-order valence-electron chi connectivity index (χ4n) is 2.39. The van der Waals surface area contributed by atoms with Gasteiger partial charge < -0.3 is 10.5 Å². The average Bonchev–Trinajstić information content (AvgIpc) is 2.74. The second kappa shape index (κ2) is 12.0. The predicted octanol–water partition coefficient (Wildman–Crippen LogP) is 5.14. The van der Waals surface area contributed by atoms with Crippen molar-refractivity contribution in [1.29, 1.82) is 0 Å². The van der Waals surface area contributed by atoms with Crippen molar-refractivity contribution in [3.8, 4) is 0 Å². The van der Waals surface area contributed by atoms with Crippen molar-refractivity contribution in [1.82, 2.24) is 0 Å². The third-order valence-electron chi connectivity index (χ3n) is 3.82. The Morgan fingerprint density at radius 1 is 0.800 bits per heavy atom. The minimum absolute atomic E-state index is 0. The number of hydrogen-bond donors (Lipinski definition) is 1. The van der Waals surface area contributed by atoms with Crippen LogP contribution in [0.15, 0.2) is 91.0 Å². The summed E-state index contributed by atoms with van der Waals surface area (Å²) in [6.45, 7) is 0. The molecule has 0 bridgehead atoms. The van der Waals surface area contributed by atoms with Crippen molar-refractivity contribution in [2.24, 2.45) is 5.73 Å². The average molecular weight is 522 g/mol. The summed E-state index contributed by atoms with van der Waals surface area (Å²) < 4.78 is 63.9. The van der Waals surface area contributed by atoms with Crippen LogP contribution in [0.5, 0.6) is 0 Å². The monoisotopic (exact) mass is 522 g/mol. The minimum atomic E-state index is -5.65. The van der Waals surface area contributed by atoms with Crippen molar-refractivity contribution in [2.75, 3.05) is 0 Å². The normalized spacial score (nSPS) is 13.2. The Kier molecular flexibility index (Phi) is 10.4. The van der Waals surface area contributed by atoms with E-state index in [1.165, 1.54) is 12.1 Å². The van der Waals surface area contributed by atoms with Gasteiger partial charge in [-0.05, 0) is 5.56 Å². The molecule has 0 saturated heterocycles. The molecule has 4 nitrogen and oxygen atoms in total. The molecule has 0 aliphatic rings. The Morgan fingerprint density at radius 3 is 1.60 bits per heavy atom. The standard InChI is InChI=1S/C15H14F3N2O2S.C6H5.Ru/c16-15(17,18)23(21,22)20-14(12-9-5-2-6-10-12)13(19)11-7-3-1-4-8-11;1-2-4-6-5-3-1;/h1-10,13-14H,19H2;1-5H;/q2*-1;+2. The molecule has 0 aliphatic heterocycles. The van der Waals surface area contributed by atoms with Crippen LogP contribution in [0.2, 0.25) is 0 Å². The van der Waals surface area contributed by atoms with Crippen molar-refractivity contribution in [2.45, 2.75) is 17.6 Å². The summed E-state index contributed by atoms with van der Waals surface area (Å²) in [7, 11) is -5.65. The molecular formula is C21H19F3N2O2RuS. The minimum Gasteiger partial charge on any atom is -0.533 e. The fraction of sp³-hybridized carbons (Fsp3) is 0.143. The van der Waals surface area contributed by atoms with Gasteiger partial charge in [-0.1, -0.05) is 72.3 Å². The first kappa shape index (κ1) is 26.0. The maximum atomic E-state index is 12.7. The van der Waals surface area contributed by atoms with E-state index in [-0.39, 0.29) is 25.0 Å². The number of alkyl halides is 3. The summed E-state index contributed by atoms with van der Waals surface area (Å²) in [5, 5.41) is 0. The van der Waals surface area contributed by atoms with Gasteiger partial charge in [0.25, 0.3) is 0 Å². The van der Waals surface area contributed by atoms with Crippen LogP contribution < -0.4 is 5.73 Å². The zero-order valence-corrected chi connectivity index (χ0v) is 18.1. The van der Waals surface area contributed by atoms with Gasteiger partial charge in [0, 0.05) is 6.04 Å². The summed E-state index contributed by atoms with van der Waals surface area (Å²) in [5.74, 6) is 0. The first-order chi connectivity index (χ1) is 13.7. The van der Waals surface area contributed by atoms with Crippen LogP contribution in [-0.2, 0) is 29.5 Å². The van der Waals surface area contributed by atoms with E-state index in [0.717, 1.165) is 0 Å². The maximum Gasteiger partial charge on any atom is 2.00 e. The van der Waals surface area contributed by atoms with Crippen LogP contribution in [-0.4, -0.2) is 13.9 Å². The van der Waals surface area contributed by atoms with Crippen molar-refractivity contribution >= 4 is 10.0 Å². The van der Waals surface area contributed by atoms with E-state index < -0.39 is 27.6 Å². The summed E-state index contributed by atoms with van der Waals surface area (Å²) in [5.41, 5.74) is 1.31. The molecule has 2 unspecified atom stereocenters. The molecule has 0 aliphatic carbocycles. The number of rotatable bonds is 5. The van der Waals surface area contributed by atoms with Gasteiger partial charge in [0.05, 0.1) is 0 Å². The van der Waals surface area contributed by atoms with Crippen molar-refractivity contribution in [3.63, 3.8) is 0 Å². The van der Waals surface area contributed by atoms with E-state index in [0.29, 0.717) is 5.56 Å². The topological polar surface area (TPSA) is 74.3 Å². The molecule has 0 fully saturated rings. The summed E-state index contributed by atoms with van der Waals surface area (Å²) >= 11 is 0. The Morgan fingerprint density at radius 2 is 1.23 bits per heavy atom. The molecule has 0 spiro atoms. The van der Waals surface area contributed by atoms with Crippen molar-refractivity contribution in [3.05, 3.63) is 113 Å². The van der Waals surface area contributed by atoms with Gasteiger partial charge >= 0.3 is 25.0 Å². The number of nitrogens with zero attached hydrogens (tertiary/aromatic N) is 1. The third-order valence-corrected chi connectivity index (χ3v) is 4.91. The first-order valence-corrected chi connectivity index (χ1v) is 9.96. The predicted molar refractivity (Wildman–Crippen MR) is 106 cm³/mol. The molecule has 2 N–H and O–H groups in total. The molecule has 30 heavy (non-hydrogen) atoms. The van der Waals surface area contributed by atoms with Gasteiger partial charge in [0.15, 0.2) is 10.0 Å². The zero-order chi connectivity index (χ0) is 21.3. The number of sulfonamides is 1. The molecule has 0 radical (unpaired) electrons. The van der Waals surface area contributed by atoms with Crippen LogP contribution in [0.3, 0.4) is 0 Å². The molecule has 0 heterocycles. The van der Waals surface area contributed by atoms with E-state index in [4.69, 9.17) is 5.73 Å². The first-order valence-electron chi connectivity index (χ1n) is 8.52. The SMILES string of the molecule is NC(c1ccccc1)C([N-]S(=O)(=O)C(F)(F)F)c1ccccc1.[Ru+2].[c-]1ccccc1. The molecule has 3 aromatic rings.